The zero-order valence-corrected chi connectivity index (χ0v) is 12.3. The summed E-state index contributed by atoms with van der Waals surface area (Å²) in [4.78, 5) is 4.40. The van der Waals surface area contributed by atoms with Crippen molar-refractivity contribution in [2.45, 2.75) is 39.7 Å². The van der Waals surface area contributed by atoms with Crippen molar-refractivity contribution < 1.29 is 4.39 Å². The quantitative estimate of drug-likeness (QED) is 0.719. The number of nitrogens with zero attached hydrogens (tertiary/aromatic N) is 2. The van der Waals surface area contributed by atoms with Gasteiger partial charge in [0.05, 0.1) is 5.52 Å². The minimum Gasteiger partial charge on any atom is -0.328 e. The van der Waals surface area contributed by atoms with Crippen LogP contribution < -0.4 is 0 Å². The van der Waals surface area contributed by atoms with Gasteiger partial charge in [0.2, 0.25) is 0 Å². The van der Waals surface area contributed by atoms with Gasteiger partial charge in [-0.1, -0.05) is 19.9 Å². The number of para-hydroxylation sites is 1. The smallest absolute Gasteiger partial charge is 0.151 e. The highest BCUT2D eigenvalue weighted by molar-refractivity contribution is 6.17. The van der Waals surface area contributed by atoms with E-state index in [2.05, 4.69) is 23.4 Å². The first-order chi connectivity index (χ1) is 9.13. The maximum Gasteiger partial charge on any atom is 0.151 e. The Morgan fingerprint density at radius 1 is 1.37 bits per heavy atom. The average molecular weight is 283 g/mol. The molecule has 1 aromatic carbocycles. The summed E-state index contributed by atoms with van der Waals surface area (Å²) in [6, 6.07) is 5.12. The van der Waals surface area contributed by atoms with E-state index >= 15 is 0 Å². The number of hydrogen-bond acceptors (Lipinski definition) is 1. The number of aromatic nitrogens is 2. The number of halogens is 2. The highest BCUT2D eigenvalue weighted by Crippen LogP contribution is 2.21. The van der Waals surface area contributed by atoms with Crippen molar-refractivity contribution in [1.82, 2.24) is 9.55 Å². The predicted octanol–water partition coefficient (Wildman–Crippen LogP) is 4.39. The summed E-state index contributed by atoms with van der Waals surface area (Å²) >= 11 is 5.81. The molecule has 0 fully saturated rings. The highest BCUT2D eigenvalue weighted by atomic mass is 35.5. The van der Waals surface area contributed by atoms with Gasteiger partial charge >= 0.3 is 0 Å². The molecule has 19 heavy (non-hydrogen) atoms. The molecule has 1 aromatic heterocycles. The van der Waals surface area contributed by atoms with Gasteiger partial charge in [0.1, 0.15) is 11.3 Å². The van der Waals surface area contributed by atoms with Crippen LogP contribution in [0.5, 0.6) is 0 Å². The first-order valence-electron chi connectivity index (χ1n) is 6.83. The van der Waals surface area contributed by atoms with Crippen molar-refractivity contribution in [1.29, 1.82) is 0 Å². The van der Waals surface area contributed by atoms with Crippen LogP contribution in [0.15, 0.2) is 18.2 Å². The fourth-order valence-electron chi connectivity index (χ4n) is 2.34. The number of benzene rings is 1. The van der Waals surface area contributed by atoms with Crippen LogP contribution in [0.3, 0.4) is 0 Å². The van der Waals surface area contributed by atoms with Gasteiger partial charge < -0.3 is 4.57 Å². The van der Waals surface area contributed by atoms with Crippen LogP contribution in [0.1, 0.15) is 32.5 Å². The molecule has 0 spiro atoms. The number of fused-ring (bicyclic) bond motifs is 1. The summed E-state index contributed by atoms with van der Waals surface area (Å²) in [5, 5.41) is 0. The molecule has 0 radical (unpaired) electrons. The van der Waals surface area contributed by atoms with Crippen molar-refractivity contribution in [2.75, 3.05) is 5.88 Å². The van der Waals surface area contributed by atoms with E-state index in [0.29, 0.717) is 23.7 Å². The Morgan fingerprint density at radius 2 is 2.16 bits per heavy atom. The minimum absolute atomic E-state index is 0.254. The van der Waals surface area contributed by atoms with Crippen LogP contribution in [0.25, 0.3) is 11.0 Å². The monoisotopic (exact) mass is 282 g/mol. The summed E-state index contributed by atoms with van der Waals surface area (Å²) in [5.74, 6) is 1.83. The van der Waals surface area contributed by atoms with Gasteiger partial charge in [-0.15, -0.1) is 11.6 Å². The first kappa shape index (κ1) is 14.3. The third-order valence-electron chi connectivity index (χ3n) is 3.29. The van der Waals surface area contributed by atoms with Crippen molar-refractivity contribution in [3.8, 4) is 0 Å². The molecular formula is C15H20ClFN2. The first-order valence-corrected chi connectivity index (χ1v) is 7.36. The van der Waals surface area contributed by atoms with Gasteiger partial charge in [0, 0.05) is 18.8 Å². The molecule has 0 saturated heterocycles. The molecule has 4 heteroatoms. The van der Waals surface area contributed by atoms with Crippen LogP contribution in [0.4, 0.5) is 4.39 Å². The van der Waals surface area contributed by atoms with E-state index in [0.717, 1.165) is 30.7 Å². The van der Waals surface area contributed by atoms with Crippen molar-refractivity contribution in [2.24, 2.45) is 5.92 Å². The van der Waals surface area contributed by atoms with Crippen molar-refractivity contribution >= 4 is 22.6 Å². The maximum atomic E-state index is 13.8. The van der Waals surface area contributed by atoms with Crippen LogP contribution in [-0.2, 0) is 13.0 Å². The lowest BCUT2D eigenvalue weighted by Gasteiger charge is -2.09. The molecule has 0 saturated carbocycles. The molecule has 2 nitrogen and oxygen atoms in total. The van der Waals surface area contributed by atoms with Crippen LogP contribution in [0.2, 0.25) is 0 Å². The van der Waals surface area contributed by atoms with Crippen LogP contribution in [0, 0.1) is 11.7 Å². The van der Waals surface area contributed by atoms with Gasteiger partial charge in [-0.3, -0.25) is 0 Å². The van der Waals surface area contributed by atoms with Gasteiger partial charge in [0.25, 0.3) is 0 Å². The topological polar surface area (TPSA) is 17.8 Å². The largest absolute Gasteiger partial charge is 0.328 e. The number of imidazole rings is 1. The molecule has 0 amide bonds. The van der Waals surface area contributed by atoms with E-state index in [1.54, 1.807) is 6.07 Å². The molecule has 0 N–H and O–H groups in total. The number of hydrogen-bond donors (Lipinski definition) is 0. The van der Waals surface area contributed by atoms with E-state index in [1.165, 1.54) is 6.07 Å². The standard InChI is InChI=1S/C15H20ClFN2/c1-11(2)5-4-10-19-13-7-3-6-12(17)15(13)18-14(19)8-9-16/h3,6-7,11H,4-5,8-10H2,1-2H3. The molecule has 0 unspecified atom stereocenters. The molecule has 0 atom stereocenters. The van der Waals surface area contributed by atoms with E-state index in [-0.39, 0.29) is 5.82 Å². The summed E-state index contributed by atoms with van der Waals surface area (Å²) < 4.78 is 15.9. The molecule has 2 rings (SSSR count). The van der Waals surface area contributed by atoms with E-state index < -0.39 is 0 Å². The molecule has 2 aromatic rings. The second-order valence-electron chi connectivity index (χ2n) is 5.26. The van der Waals surface area contributed by atoms with Crippen LogP contribution in [-0.4, -0.2) is 15.4 Å². The third-order valence-corrected chi connectivity index (χ3v) is 3.48. The fraction of sp³-hybridized carbons (Fsp3) is 0.533. The Morgan fingerprint density at radius 3 is 2.84 bits per heavy atom. The summed E-state index contributed by atoms with van der Waals surface area (Å²) in [6.07, 6.45) is 2.92. The summed E-state index contributed by atoms with van der Waals surface area (Å²) in [5.41, 5.74) is 1.34. The Balaban J connectivity index is 2.32. The zero-order valence-electron chi connectivity index (χ0n) is 11.5. The van der Waals surface area contributed by atoms with Gasteiger partial charge in [-0.05, 0) is 30.9 Å². The summed E-state index contributed by atoms with van der Waals surface area (Å²) in [6.45, 7) is 5.31. The van der Waals surface area contributed by atoms with Gasteiger partial charge in [0.15, 0.2) is 5.82 Å². The molecule has 0 aliphatic rings. The average Bonchev–Trinajstić information content (AvgIpc) is 2.70. The Bertz CT molecular complexity index is 548. The maximum absolute atomic E-state index is 13.8. The second kappa shape index (κ2) is 6.38. The number of alkyl halides is 1. The Hall–Kier alpha value is -1.09. The normalized spacial score (nSPS) is 11.6. The minimum atomic E-state index is -0.254. The molecule has 0 aliphatic carbocycles. The van der Waals surface area contributed by atoms with Gasteiger partial charge in [-0.2, -0.15) is 0 Å². The predicted molar refractivity (Wildman–Crippen MR) is 78.2 cm³/mol. The lowest BCUT2D eigenvalue weighted by Crippen LogP contribution is -2.05. The highest BCUT2D eigenvalue weighted by Gasteiger charge is 2.13. The molecule has 0 bridgehead atoms. The molecular weight excluding hydrogens is 263 g/mol. The lowest BCUT2D eigenvalue weighted by molar-refractivity contribution is 0.510. The third kappa shape index (κ3) is 3.27. The number of aryl methyl sites for hydroxylation is 2. The molecule has 0 aliphatic heterocycles. The Kier molecular flexibility index (Phi) is 4.81. The fourth-order valence-corrected chi connectivity index (χ4v) is 2.51. The van der Waals surface area contributed by atoms with E-state index in [9.17, 15) is 4.39 Å². The van der Waals surface area contributed by atoms with Crippen molar-refractivity contribution in [3.63, 3.8) is 0 Å². The molecule has 104 valence electrons. The summed E-state index contributed by atoms with van der Waals surface area (Å²) in [7, 11) is 0. The second-order valence-corrected chi connectivity index (χ2v) is 5.64. The zero-order chi connectivity index (χ0) is 13.8. The lowest BCUT2D eigenvalue weighted by atomic mass is 10.1. The van der Waals surface area contributed by atoms with E-state index in [1.807, 2.05) is 6.07 Å². The van der Waals surface area contributed by atoms with Crippen molar-refractivity contribution in [3.05, 3.63) is 29.8 Å². The number of rotatable bonds is 6. The van der Waals surface area contributed by atoms with E-state index in [4.69, 9.17) is 11.6 Å². The Labute approximate surface area is 118 Å². The van der Waals surface area contributed by atoms with Crippen LogP contribution >= 0.6 is 11.6 Å². The molecule has 1 heterocycles. The SMILES string of the molecule is CC(C)CCCn1c(CCCl)nc2c(F)cccc21. The van der Waals surface area contributed by atoms with Gasteiger partial charge in [-0.25, -0.2) is 9.37 Å².